The van der Waals surface area contributed by atoms with Crippen molar-refractivity contribution in [2.24, 2.45) is 0 Å². The van der Waals surface area contributed by atoms with Gasteiger partial charge in [0.05, 0.1) is 0 Å². The molecule has 0 aliphatic rings. The van der Waals surface area contributed by atoms with Gasteiger partial charge < -0.3 is 0 Å². The number of benzene rings is 2. The summed E-state index contributed by atoms with van der Waals surface area (Å²) in [6.07, 6.45) is 2.11. The lowest BCUT2D eigenvalue weighted by atomic mass is 10.1. The fourth-order valence-electron chi connectivity index (χ4n) is 1.43. The zero-order valence-electron chi connectivity index (χ0n) is 7.25. The second-order valence-electron chi connectivity index (χ2n) is 2.80. The van der Waals surface area contributed by atoms with Gasteiger partial charge in [0.25, 0.3) is 0 Å². The largest absolute Gasteiger partial charge is 0.129 e. The molecule has 0 saturated carbocycles. The molecule has 2 heteroatoms. The lowest BCUT2D eigenvalue weighted by Gasteiger charge is -2.04. The van der Waals surface area contributed by atoms with Crippen LogP contribution in [0, 0.1) is 0 Å². The van der Waals surface area contributed by atoms with Crippen LogP contribution in [0.15, 0.2) is 45.8 Å². The Labute approximate surface area is 90.5 Å². The lowest BCUT2D eigenvalue weighted by molar-refractivity contribution is 1.53. The molecule has 0 bridgehead atoms. The molecule has 0 N–H and O–H groups in total. The van der Waals surface area contributed by atoms with Crippen LogP contribution in [0.3, 0.4) is 0 Å². The van der Waals surface area contributed by atoms with Crippen molar-refractivity contribution < 1.29 is 0 Å². The standard InChI is InChI=1S/C11H9BrS/c1-13-10-7-3-5-8-4-2-6-9(12)11(8)10/h2-7H,1H3. The minimum Gasteiger partial charge on any atom is -0.129 e. The summed E-state index contributed by atoms with van der Waals surface area (Å²) in [5.74, 6) is 0. The van der Waals surface area contributed by atoms with E-state index in [-0.39, 0.29) is 0 Å². The second-order valence-corrected chi connectivity index (χ2v) is 4.50. The van der Waals surface area contributed by atoms with Crippen LogP contribution in [0.25, 0.3) is 10.8 Å². The van der Waals surface area contributed by atoms with Crippen LogP contribution < -0.4 is 0 Å². The van der Waals surface area contributed by atoms with Crippen LogP contribution in [0.1, 0.15) is 0 Å². The summed E-state index contributed by atoms with van der Waals surface area (Å²) in [7, 11) is 0. The van der Waals surface area contributed by atoms with Gasteiger partial charge >= 0.3 is 0 Å². The number of halogens is 1. The van der Waals surface area contributed by atoms with Crippen molar-refractivity contribution in [1.29, 1.82) is 0 Å². The zero-order chi connectivity index (χ0) is 9.26. The summed E-state index contributed by atoms with van der Waals surface area (Å²) in [6, 6.07) is 12.7. The first-order valence-corrected chi connectivity index (χ1v) is 6.06. The van der Waals surface area contributed by atoms with Gasteiger partial charge in [-0.3, -0.25) is 0 Å². The van der Waals surface area contributed by atoms with Crippen molar-refractivity contribution >= 4 is 38.5 Å². The first-order valence-electron chi connectivity index (χ1n) is 4.04. The maximum Gasteiger partial charge on any atom is 0.0264 e. The lowest BCUT2D eigenvalue weighted by Crippen LogP contribution is -1.77. The van der Waals surface area contributed by atoms with Gasteiger partial charge in [-0.1, -0.05) is 40.2 Å². The first kappa shape index (κ1) is 9.10. The van der Waals surface area contributed by atoms with Crippen molar-refractivity contribution in [3.05, 3.63) is 40.9 Å². The molecule has 0 unspecified atom stereocenters. The maximum atomic E-state index is 3.58. The minimum absolute atomic E-state index is 1.18. The Hall–Kier alpha value is -0.470. The molecule has 0 spiro atoms. The average molecular weight is 253 g/mol. The van der Waals surface area contributed by atoms with Gasteiger partial charge in [-0.2, -0.15) is 0 Å². The van der Waals surface area contributed by atoms with Crippen molar-refractivity contribution in [2.45, 2.75) is 4.90 Å². The quantitative estimate of drug-likeness (QED) is 0.682. The summed E-state index contributed by atoms with van der Waals surface area (Å²) in [5.41, 5.74) is 0. The maximum absolute atomic E-state index is 3.58. The zero-order valence-corrected chi connectivity index (χ0v) is 9.65. The number of hydrogen-bond acceptors (Lipinski definition) is 1. The van der Waals surface area contributed by atoms with E-state index >= 15 is 0 Å². The highest BCUT2D eigenvalue weighted by atomic mass is 79.9. The second kappa shape index (κ2) is 3.72. The van der Waals surface area contributed by atoms with E-state index in [0.717, 1.165) is 0 Å². The van der Waals surface area contributed by atoms with Gasteiger partial charge in [0, 0.05) is 14.8 Å². The molecule has 0 nitrogen and oxygen atoms in total. The molecular weight excluding hydrogens is 244 g/mol. The Bertz CT molecular complexity index is 432. The van der Waals surface area contributed by atoms with Crippen LogP contribution in [0.4, 0.5) is 0 Å². The molecule has 2 rings (SSSR count). The van der Waals surface area contributed by atoms with E-state index in [9.17, 15) is 0 Å². The van der Waals surface area contributed by atoms with Crippen LogP contribution in [0.5, 0.6) is 0 Å². The molecule has 0 fully saturated rings. The molecule has 0 heterocycles. The van der Waals surface area contributed by atoms with E-state index < -0.39 is 0 Å². The topological polar surface area (TPSA) is 0 Å². The molecule has 2 aromatic carbocycles. The number of thioether (sulfide) groups is 1. The SMILES string of the molecule is CSc1cccc2cccc(Br)c12. The Kier molecular flexibility index (Phi) is 2.61. The molecule has 13 heavy (non-hydrogen) atoms. The molecule has 0 aliphatic heterocycles. The van der Waals surface area contributed by atoms with Crippen molar-refractivity contribution in [3.8, 4) is 0 Å². The van der Waals surface area contributed by atoms with Crippen LogP contribution in [0.2, 0.25) is 0 Å². The molecule has 0 atom stereocenters. The minimum atomic E-state index is 1.18. The molecule has 0 aromatic heterocycles. The molecule has 0 aliphatic carbocycles. The van der Waals surface area contributed by atoms with E-state index in [2.05, 4.69) is 58.6 Å². The fraction of sp³-hybridized carbons (Fsp3) is 0.0909. The highest BCUT2D eigenvalue weighted by Crippen LogP contribution is 2.31. The van der Waals surface area contributed by atoms with E-state index in [4.69, 9.17) is 0 Å². The highest BCUT2D eigenvalue weighted by molar-refractivity contribution is 9.10. The Morgan fingerprint density at radius 2 is 1.77 bits per heavy atom. The normalized spacial score (nSPS) is 10.6. The Balaban J connectivity index is 2.87. The number of hydrogen-bond donors (Lipinski definition) is 0. The van der Waals surface area contributed by atoms with Gasteiger partial charge in [-0.05, 0) is 23.8 Å². The number of rotatable bonds is 1. The van der Waals surface area contributed by atoms with Gasteiger partial charge in [0.15, 0.2) is 0 Å². The summed E-state index contributed by atoms with van der Waals surface area (Å²) >= 11 is 5.36. The first-order chi connectivity index (χ1) is 6.33. The van der Waals surface area contributed by atoms with E-state index in [1.807, 2.05) is 0 Å². The van der Waals surface area contributed by atoms with Crippen molar-refractivity contribution in [1.82, 2.24) is 0 Å². The Morgan fingerprint density at radius 1 is 1.08 bits per heavy atom. The van der Waals surface area contributed by atoms with Crippen molar-refractivity contribution in [3.63, 3.8) is 0 Å². The number of fused-ring (bicyclic) bond motifs is 1. The van der Waals surface area contributed by atoms with Crippen LogP contribution in [-0.4, -0.2) is 6.26 Å². The molecule has 2 aromatic rings. The molecule has 0 amide bonds. The van der Waals surface area contributed by atoms with E-state index in [0.29, 0.717) is 0 Å². The third-order valence-corrected chi connectivity index (χ3v) is 3.48. The van der Waals surface area contributed by atoms with Crippen LogP contribution in [-0.2, 0) is 0 Å². The van der Waals surface area contributed by atoms with Gasteiger partial charge in [0.2, 0.25) is 0 Å². The Morgan fingerprint density at radius 3 is 2.46 bits per heavy atom. The average Bonchev–Trinajstić information content (AvgIpc) is 2.17. The summed E-state index contributed by atoms with van der Waals surface area (Å²) in [5, 5.41) is 2.61. The molecule has 66 valence electrons. The summed E-state index contributed by atoms with van der Waals surface area (Å²) < 4.78 is 1.18. The molecule has 0 saturated heterocycles. The molecular formula is C11H9BrS. The fourth-order valence-corrected chi connectivity index (χ4v) is 2.81. The summed E-state index contributed by atoms with van der Waals surface area (Å²) in [6.45, 7) is 0. The van der Waals surface area contributed by atoms with Crippen molar-refractivity contribution in [2.75, 3.05) is 6.26 Å². The third-order valence-electron chi connectivity index (χ3n) is 2.04. The molecule has 0 radical (unpaired) electrons. The van der Waals surface area contributed by atoms with E-state index in [1.54, 1.807) is 11.8 Å². The third kappa shape index (κ3) is 1.61. The predicted octanol–water partition coefficient (Wildman–Crippen LogP) is 4.32. The van der Waals surface area contributed by atoms with Gasteiger partial charge in [0.1, 0.15) is 0 Å². The predicted molar refractivity (Wildman–Crippen MR) is 63.4 cm³/mol. The summed E-state index contributed by atoms with van der Waals surface area (Å²) in [4.78, 5) is 1.32. The van der Waals surface area contributed by atoms with Gasteiger partial charge in [-0.15, -0.1) is 11.8 Å². The monoisotopic (exact) mass is 252 g/mol. The van der Waals surface area contributed by atoms with Gasteiger partial charge in [-0.25, -0.2) is 0 Å². The van der Waals surface area contributed by atoms with Crippen LogP contribution >= 0.6 is 27.7 Å². The van der Waals surface area contributed by atoms with E-state index in [1.165, 1.54) is 20.1 Å². The smallest absolute Gasteiger partial charge is 0.0264 e. The highest BCUT2D eigenvalue weighted by Gasteiger charge is 2.02.